The molecule has 0 aliphatic carbocycles. The molecule has 30 heavy (non-hydrogen) atoms. The van der Waals surface area contributed by atoms with E-state index in [1.165, 1.54) is 23.4 Å². The number of benzene rings is 2. The van der Waals surface area contributed by atoms with Crippen LogP contribution in [0.2, 0.25) is 0 Å². The van der Waals surface area contributed by atoms with E-state index >= 15 is 0 Å². The third-order valence-corrected chi connectivity index (χ3v) is 7.15. The number of hydrogen-bond acceptors (Lipinski definition) is 5. The molecule has 1 saturated heterocycles. The van der Waals surface area contributed by atoms with Crippen LogP contribution in [-0.4, -0.2) is 53.8 Å². The molecule has 0 radical (unpaired) electrons. The Morgan fingerprint density at radius 1 is 1.13 bits per heavy atom. The molecule has 1 aromatic heterocycles. The maximum absolute atomic E-state index is 13.6. The number of hydrogen-bond donors (Lipinski definition) is 2. The number of thiophene rings is 1. The third kappa shape index (κ3) is 4.01. The van der Waals surface area contributed by atoms with Crippen molar-refractivity contribution in [2.75, 3.05) is 38.0 Å². The molecule has 3 heterocycles. The van der Waals surface area contributed by atoms with Gasteiger partial charge in [-0.15, -0.1) is 11.3 Å². The van der Waals surface area contributed by atoms with E-state index in [0.717, 1.165) is 48.4 Å². The summed E-state index contributed by atoms with van der Waals surface area (Å²) in [6.07, 6.45) is 4.78. The van der Waals surface area contributed by atoms with Crippen LogP contribution in [0.5, 0.6) is 0 Å². The summed E-state index contributed by atoms with van der Waals surface area (Å²) in [4.78, 5) is 4.88. The Morgan fingerprint density at radius 2 is 1.97 bits per heavy atom. The summed E-state index contributed by atoms with van der Waals surface area (Å²) in [5, 5.41) is 17.1. The summed E-state index contributed by atoms with van der Waals surface area (Å²) < 4.78 is 14.6. The second-order valence-electron chi connectivity index (χ2n) is 8.05. The minimum absolute atomic E-state index is 0.236. The maximum Gasteiger partial charge on any atom is 0.123 e. The Balaban J connectivity index is 1.14. The Labute approximate surface area is 180 Å². The highest BCUT2D eigenvalue weighted by molar-refractivity contribution is 7.17. The standard InChI is InChI=1S/C24H26FN3OS/c25-18-6-7-23-19(15-18)20(16-30-23)22(29)9-10-27-11-13-28(14-12-27)24-8-5-17-3-1-2-4-21(17)26-24/h1-8,15-16,22,24,26,29H,9-14H2. The third-order valence-electron chi connectivity index (χ3n) is 6.17. The second-order valence-corrected chi connectivity index (χ2v) is 8.96. The first-order valence-electron chi connectivity index (χ1n) is 10.5. The Kier molecular flexibility index (Phi) is 5.56. The number of rotatable bonds is 5. The van der Waals surface area contributed by atoms with Gasteiger partial charge in [0, 0.05) is 48.5 Å². The van der Waals surface area contributed by atoms with Gasteiger partial charge in [0.15, 0.2) is 0 Å². The minimum atomic E-state index is -0.557. The molecule has 3 aromatic rings. The number of halogens is 1. The number of piperazine rings is 1. The van der Waals surface area contributed by atoms with Crippen molar-refractivity contribution in [3.63, 3.8) is 0 Å². The predicted octanol–water partition coefficient (Wildman–Crippen LogP) is 4.55. The van der Waals surface area contributed by atoms with E-state index in [-0.39, 0.29) is 12.0 Å². The van der Waals surface area contributed by atoms with Gasteiger partial charge >= 0.3 is 0 Å². The molecule has 2 aliphatic heterocycles. The van der Waals surface area contributed by atoms with Crippen molar-refractivity contribution in [2.45, 2.75) is 18.7 Å². The molecule has 2 aromatic carbocycles. The number of aliphatic hydroxyl groups excluding tert-OH is 1. The zero-order chi connectivity index (χ0) is 20.5. The van der Waals surface area contributed by atoms with Crippen molar-refractivity contribution in [3.8, 4) is 0 Å². The summed E-state index contributed by atoms with van der Waals surface area (Å²) in [7, 11) is 0. The summed E-state index contributed by atoms with van der Waals surface area (Å²) in [5.74, 6) is -0.251. The van der Waals surface area contributed by atoms with Gasteiger partial charge in [0.2, 0.25) is 0 Å². The Hall–Kier alpha value is -2.25. The topological polar surface area (TPSA) is 38.7 Å². The largest absolute Gasteiger partial charge is 0.388 e. The average molecular weight is 424 g/mol. The molecular formula is C24H26FN3OS. The van der Waals surface area contributed by atoms with Gasteiger partial charge in [-0.05, 0) is 53.3 Å². The molecule has 0 bridgehead atoms. The SMILES string of the molecule is OC(CCN1CCN(C2C=Cc3ccccc3N2)CC1)c1csc2ccc(F)cc12. The molecule has 4 nitrogen and oxygen atoms in total. The predicted molar refractivity (Wildman–Crippen MR) is 122 cm³/mol. The summed E-state index contributed by atoms with van der Waals surface area (Å²) in [5.41, 5.74) is 3.28. The van der Waals surface area contributed by atoms with Crippen molar-refractivity contribution < 1.29 is 9.50 Å². The molecule has 0 amide bonds. The second kappa shape index (κ2) is 8.47. The van der Waals surface area contributed by atoms with E-state index in [2.05, 4.69) is 51.5 Å². The molecule has 2 aliphatic rings. The number of fused-ring (bicyclic) bond motifs is 2. The van der Waals surface area contributed by atoms with Crippen molar-refractivity contribution in [1.29, 1.82) is 0 Å². The van der Waals surface area contributed by atoms with Crippen LogP contribution in [0.15, 0.2) is 53.9 Å². The quantitative estimate of drug-likeness (QED) is 0.632. The molecular weight excluding hydrogens is 397 g/mol. The number of aliphatic hydroxyl groups is 1. The molecule has 0 saturated carbocycles. The first-order chi connectivity index (χ1) is 14.7. The van der Waals surface area contributed by atoms with Gasteiger partial charge in [0.25, 0.3) is 0 Å². The van der Waals surface area contributed by atoms with Crippen molar-refractivity contribution in [1.82, 2.24) is 9.80 Å². The smallest absolute Gasteiger partial charge is 0.123 e. The molecule has 0 spiro atoms. The van der Waals surface area contributed by atoms with Crippen LogP contribution in [0, 0.1) is 5.82 Å². The van der Waals surface area contributed by atoms with E-state index < -0.39 is 6.10 Å². The molecule has 156 valence electrons. The number of nitrogens with zero attached hydrogens (tertiary/aromatic N) is 2. The van der Waals surface area contributed by atoms with Gasteiger partial charge in [0.1, 0.15) is 5.82 Å². The zero-order valence-corrected chi connectivity index (χ0v) is 17.6. The first kappa shape index (κ1) is 19.7. The van der Waals surface area contributed by atoms with E-state index in [1.54, 1.807) is 17.4 Å². The maximum atomic E-state index is 13.6. The molecule has 5 rings (SSSR count). The summed E-state index contributed by atoms with van der Waals surface area (Å²) in [6, 6.07) is 13.2. The van der Waals surface area contributed by atoms with Crippen LogP contribution >= 0.6 is 11.3 Å². The van der Waals surface area contributed by atoms with Crippen molar-refractivity contribution in [2.24, 2.45) is 0 Å². The average Bonchev–Trinajstić information content (AvgIpc) is 3.20. The number of para-hydroxylation sites is 1. The van der Waals surface area contributed by atoms with Crippen LogP contribution in [0.1, 0.15) is 23.7 Å². The van der Waals surface area contributed by atoms with Crippen LogP contribution in [0.3, 0.4) is 0 Å². The van der Waals surface area contributed by atoms with E-state index in [1.807, 2.05) is 5.38 Å². The Morgan fingerprint density at radius 3 is 2.83 bits per heavy atom. The fourth-order valence-electron chi connectivity index (χ4n) is 4.39. The fraction of sp³-hybridized carbons (Fsp3) is 0.333. The fourth-order valence-corrected chi connectivity index (χ4v) is 5.38. The van der Waals surface area contributed by atoms with Gasteiger partial charge in [-0.25, -0.2) is 4.39 Å². The molecule has 2 unspecified atom stereocenters. The van der Waals surface area contributed by atoms with E-state index in [4.69, 9.17) is 0 Å². The van der Waals surface area contributed by atoms with Crippen LogP contribution < -0.4 is 5.32 Å². The lowest BCUT2D eigenvalue weighted by atomic mass is 10.0. The highest BCUT2D eigenvalue weighted by Gasteiger charge is 2.25. The zero-order valence-electron chi connectivity index (χ0n) is 16.8. The lowest BCUT2D eigenvalue weighted by molar-refractivity contribution is 0.0956. The van der Waals surface area contributed by atoms with Crippen LogP contribution in [0.4, 0.5) is 10.1 Å². The van der Waals surface area contributed by atoms with Gasteiger partial charge in [0.05, 0.1) is 12.3 Å². The monoisotopic (exact) mass is 423 g/mol. The van der Waals surface area contributed by atoms with Gasteiger partial charge in [-0.2, -0.15) is 0 Å². The highest BCUT2D eigenvalue weighted by atomic mass is 32.1. The number of nitrogens with one attached hydrogen (secondary N) is 1. The first-order valence-corrected chi connectivity index (χ1v) is 11.4. The lowest BCUT2D eigenvalue weighted by Crippen LogP contribution is -2.52. The van der Waals surface area contributed by atoms with E-state index in [0.29, 0.717) is 6.42 Å². The van der Waals surface area contributed by atoms with Gasteiger partial charge < -0.3 is 15.3 Å². The lowest BCUT2D eigenvalue weighted by Gasteiger charge is -2.40. The molecule has 2 N–H and O–H groups in total. The Bertz CT molecular complexity index is 1060. The van der Waals surface area contributed by atoms with Gasteiger partial charge in [-0.1, -0.05) is 24.3 Å². The normalized spacial score (nSPS) is 20.8. The van der Waals surface area contributed by atoms with Crippen molar-refractivity contribution >= 4 is 33.2 Å². The van der Waals surface area contributed by atoms with Gasteiger partial charge in [-0.3, -0.25) is 4.90 Å². The minimum Gasteiger partial charge on any atom is -0.388 e. The highest BCUT2D eigenvalue weighted by Crippen LogP contribution is 2.32. The van der Waals surface area contributed by atoms with E-state index in [9.17, 15) is 9.50 Å². The van der Waals surface area contributed by atoms with Crippen LogP contribution in [0.25, 0.3) is 16.2 Å². The number of anilines is 1. The molecule has 2 atom stereocenters. The van der Waals surface area contributed by atoms with Crippen LogP contribution in [-0.2, 0) is 0 Å². The molecule has 6 heteroatoms. The van der Waals surface area contributed by atoms with Crippen molar-refractivity contribution in [3.05, 3.63) is 70.9 Å². The molecule has 1 fully saturated rings. The summed E-state index contributed by atoms with van der Waals surface area (Å²) in [6.45, 7) is 4.80. The summed E-state index contributed by atoms with van der Waals surface area (Å²) >= 11 is 1.56.